The molecule has 64 valence electrons. The molecule has 1 N–H and O–H groups in total. The molecule has 0 fully saturated rings. The zero-order valence-electron chi connectivity index (χ0n) is 6.66. The van der Waals surface area contributed by atoms with Crippen LogP contribution in [0.3, 0.4) is 0 Å². The summed E-state index contributed by atoms with van der Waals surface area (Å²) >= 11 is 4.82. The Balaban J connectivity index is 2.82. The minimum absolute atomic E-state index is 0.330. The van der Waals surface area contributed by atoms with E-state index in [-0.39, 0.29) is 5.97 Å². The third-order valence-corrected chi connectivity index (χ3v) is 1.55. The monoisotopic (exact) mass is 183 g/mol. The van der Waals surface area contributed by atoms with Gasteiger partial charge in [-0.15, -0.1) is 0 Å². The molecule has 0 bridgehead atoms. The predicted octanol–water partition coefficient (Wildman–Crippen LogP) is 1.92. The van der Waals surface area contributed by atoms with Crippen LogP contribution in [0.1, 0.15) is 17.3 Å². The van der Waals surface area contributed by atoms with Crippen LogP contribution in [0, 0.1) is 4.64 Å². The number of ether oxygens (including phenoxy) is 1. The first kappa shape index (κ1) is 8.93. The highest BCUT2D eigenvalue weighted by Gasteiger charge is 2.03. The summed E-state index contributed by atoms with van der Waals surface area (Å²) in [5.41, 5.74) is 0.491. The van der Waals surface area contributed by atoms with E-state index in [1.165, 1.54) is 0 Å². The maximum Gasteiger partial charge on any atom is 0.339 e. The molecule has 1 heterocycles. The Morgan fingerprint density at radius 1 is 1.67 bits per heavy atom. The summed E-state index contributed by atoms with van der Waals surface area (Å²) in [6.07, 6.45) is 1.54. The van der Waals surface area contributed by atoms with Crippen LogP contribution in [0.4, 0.5) is 0 Å². The zero-order chi connectivity index (χ0) is 8.97. The molecule has 0 aromatic carbocycles. The summed E-state index contributed by atoms with van der Waals surface area (Å²) in [6.45, 7) is 2.15. The zero-order valence-corrected chi connectivity index (χ0v) is 7.48. The Morgan fingerprint density at radius 2 is 2.42 bits per heavy atom. The lowest BCUT2D eigenvalue weighted by molar-refractivity contribution is 0.0526. The van der Waals surface area contributed by atoms with Gasteiger partial charge in [-0.3, -0.25) is 0 Å². The molecule has 1 aromatic heterocycles. The van der Waals surface area contributed by atoms with Crippen LogP contribution in [0.25, 0.3) is 0 Å². The molecule has 4 heteroatoms. The lowest BCUT2D eigenvalue weighted by Gasteiger charge is -1.99. The van der Waals surface area contributed by atoms with Gasteiger partial charge in [-0.05, 0) is 19.1 Å². The quantitative estimate of drug-likeness (QED) is 0.562. The van der Waals surface area contributed by atoms with Crippen LogP contribution >= 0.6 is 12.2 Å². The normalized spacial score (nSPS) is 9.42. The highest BCUT2D eigenvalue weighted by molar-refractivity contribution is 7.71. The van der Waals surface area contributed by atoms with Gasteiger partial charge in [0, 0.05) is 6.20 Å². The number of nitrogens with one attached hydrogen (secondary N) is 1. The number of H-pyrrole nitrogens is 1. The highest BCUT2D eigenvalue weighted by atomic mass is 32.1. The van der Waals surface area contributed by atoms with Crippen LogP contribution < -0.4 is 0 Å². The van der Waals surface area contributed by atoms with Gasteiger partial charge in [0.2, 0.25) is 0 Å². The standard InChI is InChI=1S/C8H9NO2S/c1-2-11-8(10)6-3-4-7(12)9-5-6/h3-5H,2H2,1H3,(H,9,12). The second kappa shape index (κ2) is 4.01. The molecule has 0 saturated carbocycles. The molecule has 0 amide bonds. The van der Waals surface area contributed by atoms with Crippen molar-refractivity contribution in [1.29, 1.82) is 0 Å². The van der Waals surface area contributed by atoms with E-state index in [4.69, 9.17) is 17.0 Å². The maximum atomic E-state index is 11.1. The number of hydrogen-bond acceptors (Lipinski definition) is 3. The van der Waals surface area contributed by atoms with Gasteiger partial charge in [-0.25, -0.2) is 4.79 Å². The summed E-state index contributed by atoms with van der Waals surface area (Å²) < 4.78 is 5.37. The Bertz CT molecular complexity index is 312. The number of esters is 1. The first-order valence-electron chi connectivity index (χ1n) is 3.60. The Hall–Kier alpha value is -1.16. The molecule has 1 rings (SSSR count). The largest absolute Gasteiger partial charge is 0.462 e. The van der Waals surface area contributed by atoms with Gasteiger partial charge in [-0.2, -0.15) is 0 Å². The van der Waals surface area contributed by atoms with Gasteiger partial charge < -0.3 is 9.72 Å². The molecule has 0 aliphatic heterocycles. The average molecular weight is 183 g/mol. The van der Waals surface area contributed by atoms with Gasteiger partial charge in [0.15, 0.2) is 0 Å². The van der Waals surface area contributed by atoms with Gasteiger partial charge in [-0.1, -0.05) is 12.2 Å². The molecule has 1 aromatic rings. The Labute approximate surface area is 75.4 Å². The lowest BCUT2D eigenvalue weighted by atomic mass is 10.3. The average Bonchev–Trinajstić information content (AvgIpc) is 2.06. The van der Waals surface area contributed by atoms with Crippen molar-refractivity contribution in [2.75, 3.05) is 6.61 Å². The number of pyridine rings is 1. The van der Waals surface area contributed by atoms with E-state index >= 15 is 0 Å². The molecule has 0 aliphatic rings. The van der Waals surface area contributed by atoms with Crippen molar-refractivity contribution < 1.29 is 9.53 Å². The number of rotatable bonds is 2. The minimum atomic E-state index is -0.330. The van der Waals surface area contributed by atoms with Crippen LogP contribution in [0.5, 0.6) is 0 Å². The topological polar surface area (TPSA) is 42.1 Å². The number of carbonyl (C=O) groups is 1. The summed E-state index contributed by atoms with van der Waals surface area (Å²) in [5, 5.41) is 0. The second-order valence-electron chi connectivity index (χ2n) is 2.16. The van der Waals surface area contributed by atoms with Gasteiger partial charge in [0.1, 0.15) is 4.64 Å². The van der Waals surface area contributed by atoms with Gasteiger partial charge in [0.05, 0.1) is 12.2 Å². The Morgan fingerprint density at radius 3 is 2.92 bits per heavy atom. The van der Waals surface area contributed by atoms with Crippen molar-refractivity contribution in [3.63, 3.8) is 0 Å². The van der Waals surface area contributed by atoms with E-state index < -0.39 is 0 Å². The first-order valence-corrected chi connectivity index (χ1v) is 4.00. The number of hydrogen-bond donors (Lipinski definition) is 1. The summed E-state index contributed by atoms with van der Waals surface area (Å²) in [7, 11) is 0. The van der Waals surface area contributed by atoms with Gasteiger partial charge in [0.25, 0.3) is 0 Å². The Kier molecular flexibility index (Phi) is 2.99. The molecule has 0 radical (unpaired) electrons. The van der Waals surface area contributed by atoms with Crippen molar-refractivity contribution in [3.8, 4) is 0 Å². The molecule has 12 heavy (non-hydrogen) atoms. The smallest absolute Gasteiger partial charge is 0.339 e. The molecule has 0 atom stereocenters. The summed E-state index contributed by atoms with van der Waals surface area (Å²) in [5.74, 6) is -0.330. The number of aromatic nitrogens is 1. The van der Waals surface area contributed by atoms with E-state index in [0.29, 0.717) is 16.8 Å². The van der Waals surface area contributed by atoms with Crippen LogP contribution in [-0.2, 0) is 4.74 Å². The second-order valence-corrected chi connectivity index (χ2v) is 2.60. The lowest BCUT2D eigenvalue weighted by Crippen LogP contribution is -2.04. The molecule has 0 spiro atoms. The fourth-order valence-electron chi connectivity index (χ4n) is 0.752. The fraction of sp³-hybridized carbons (Fsp3) is 0.250. The molecule has 0 saturated heterocycles. The van der Waals surface area contributed by atoms with Crippen LogP contribution in [0.2, 0.25) is 0 Å². The van der Waals surface area contributed by atoms with Crippen molar-refractivity contribution in [3.05, 3.63) is 28.5 Å². The van der Waals surface area contributed by atoms with Gasteiger partial charge >= 0.3 is 5.97 Å². The van der Waals surface area contributed by atoms with Crippen molar-refractivity contribution >= 4 is 18.2 Å². The third-order valence-electron chi connectivity index (χ3n) is 1.30. The number of carbonyl (C=O) groups excluding carboxylic acids is 1. The van der Waals surface area contributed by atoms with E-state index in [9.17, 15) is 4.79 Å². The van der Waals surface area contributed by atoms with Crippen LogP contribution in [-0.4, -0.2) is 17.6 Å². The maximum absolute atomic E-state index is 11.1. The molecular formula is C8H9NO2S. The molecule has 0 unspecified atom stereocenters. The van der Waals surface area contributed by atoms with E-state index in [2.05, 4.69) is 4.98 Å². The predicted molar refractivity (Wildman–Crippen MR) is 47.6 cm³/mol. The molecular weight excluding hydrogens is 174 g/mol. The fourth-order valence-corrected chi connectivity index (χ4v) is 0.879. The SMILES string of the molecule is CCOC(=O)c1ccc(=S)[nH]c1. The first-order chi connectivity index (χ1) is 5.74. The van der Waals surface area contributed by atoms with E-state index in [1.54, 1.807) is 25.3 Å². The summed E-state index contributed by atoms with van der Waals surface area (Å²) in [4.78, 5) is 13.8. The van der Waals surface area contributed by atoms with Crippen molar-refractivity contribution in [2.45, 2.75) is 6.92 Å². The van der Waals surface area contributed by atoms with E-state index in [1.807, 2.05) is 0 Å². The van der Waals surface area contributed by atoms with Crippen molar-refractivity contribution in [1.82, 2.24) is 4.98 Å². The highest BCUT2D eigenvalue weighted by Crippen LogP contribution is 1.99. The number of aromatic amines is 1. The molecule has 0 aliphatic carbocycles. The van der Waals surface area contributed by atoms with Crippen LogP contribution in [0.15, 0.2) is 18.3 Å². The van der Waals surface area contributed by atoms with Crippen molar-refractivity contribution in [2.24, 2.45) is 0 Å². The summed E-state index contributed by atoms with van der Waals surface area (Å²) in [6, 6.07) is 3.29. The minimum Gasteiger partial charge on any atom is -0.462 e. The third kappa shape index (κ3) is 2.17. The van der Waals surface area contributed by atoms with E-state index in [0.717, 1.165) is 0 Å². The molecule has 3 nitrogen and oxygen atoms in total.